The minimum absolute atomic E-state index is 0.363. The summed E-state index contributed by atoms with van der Waals surface area (Å²) in [4.78, 5) is 2.47. The van der Waals surface area contributed by atoms with Gasteiger partial charge in [0.15, 0.2) is 0 Å². The van der Waals surface area contributed by atoms with Crippen LogP contribution in [0.2, 0.25) is 5.02 Å². The SMILES string of the molecule is CCN(CC)C(CNC/C=C/c1ccccc1)c1ccc(Cl)cc1. The predicted molar refractivity (Wildman–Crippen MR) is 105 cm³/mol. The number of nitrogens with one attached hydrogen (secondary N) is 1. The van der Waals surface area contributed by atoms with Gasteiger partial charge in [0.25, 0.3) is 0 Å². The Labute approximate surface area is 151 Å². The highest BCUT2D eigenvalue weighted by Gasteiger charge is 2.17. The fourth-order valence-corrected chi connectivity index (χ4v) is 3.00. The van der Waals surface area contributed by atoms with Crippen molar-refractivity contribution in [2.45, 2.75) is 19.9 Å². The summed E-state index contributed by atoms with van der Waals surface area (Å²) in [5.41, 5.74) is 2.54. The van der Waals surface area contributed by atoms with E-state index in [2.05, 4.69) is 72.6 Å². The van der Waals surface area contributed by atoms with E-state index in [0.29, 0.717) is 6.04 Å². The van der Waals surface area contributed by atoms with E-state index in [1.165, 1.54) is 11.1 Å². The normalized spacial score (nSPS) is 12.8. The second-order valence-corrected chi connectivity index (χ2v) is 6.20. The van der Waals surface area contributed by atoms with Crippen LogP contribution >= 0.6 is 11.6 Å². The van der Waals surface area contributed by atoms with Crippen molar-refractivity contribution in [2.24, 2.45) is 0 Å². The quantitative estimate of drug-likeness (QED) is 0.643. The van der Waals surface area contributed by atoms with Crippen molar-refractivity contribution in [3.63, 3.8) is 0 Å². The molecular formula is C21H27ClN2. The lowest BCUT2D eigenvalue weighted by Crippen LogP contribution is -2.35. The summed E-state index contributed by atoms with van der Waals surface area (Å²) in [6.07, 6.45) is 4.33. The van der Waals surface area contributed by atoms with E-state index in [1.807, 2.05) is 18.2 Å². The Morgan fingerprint density at radius 3 is 2.29 bits per heavy atom. The van der Waals surface area contributed by atoms with Gasteiger partial charge in [-0.15, -0.1) is 0 Å². The van der Waals surface area contributed by atoms with Crippen molar-refractivity contribution in [2.75, 3.05) is 26.2 Å². The summed E-state index contributed by atoms with van der Waals surface area (Å²) in [5.74, 6) is 0. The number of hydrogen-bond acceptors (Lipinski definition) is 2. The molecule has 0 aliphatic heterocycles. The number of rotatable bonds is 9. The topological polar surface area (TPSA) is 15.3 Å². The summed E-state index contributed by atoms with van der Waals surface area (Å²) in [7, 11) is 0. The maximum atomic E-state index is 6.03. The molecule has 0 aliphatic rings. The maximum absolute atomic E-state index is 6.03. The molecule has 0 amide bonds. The first-order valence-electron chi connectivity index (χ1n) is 8.66. The van der Waals surface area contributed by atoms with Gasteiger partial charge >= 0.3 is 0 Å². The Bertz CT molecular complexity index is 603. The molecule has 2 nitrogen and oxygen atoms in total. The average Bonchev–Trinajstić information content (AvgIpc) is 2.62. The first-order valence-corrected chi connectivity index (χ1v) is 9.04. The minimum atomic E-state index is 0.363. The number of likely N-dealkylation sites (N-methyl/N-ethyl adjacent to an activating group) is 1. The Kier molecular flexibility index (Phi) is 8.03. The molecule has 3 heteroatoms. The maximum Gasteiger partial charge on any atom is 0.0472 e. The molecule has 0 heterocycles. The molecule has 0 saturated heterocycles. The summed E-state index contributed by atoms with van der Waals surface area (Å²) in [6, 6.07) is 19.0. The van der Waals surface area contributed by atoms with Gasteiger partial charge in [-0.25, -0.2) is 0 Å². The lowest BCUT2D eigenvalue weighted by molar-refractivity contribution is 0.215. The molecule has 24 heavy (non-hydrogen) atoms. The van der Waals surface area contributed by atoms with Gasteiger partial charge < -0.3 is 5.32 Å². The van der Waals surface area contributed by atoms with Gasteiger partial charge in [0.05, 0.1) is 0 Å². The van der Waals surface area contributed by atoms with Gasteiger partial charge in [-0.1, -0.05) is 80.1 Å². The zero-order valence-corrected chi connectivity index (χ0v) is 15.3. The van der Waals surface area contributed by atoms with Crippen LogP contribution in [0.5, 0.6) is 0 Å². The third kappa shape index (κ3) is 5.79. The summed E-state index contributed by atoms with van der Waals surface area (Å²) in [5, 5.41) is 4.34. The van der Waals surface area contributed by atoms with Gasteiger partial charge in [-0.2, -0.15) is 0 Å². The van der Waals surface area contributed by atoms with Crippen molar-refractivity contribution in [1.29, 1.82) is 0 Å². The summed E-state index contributed by atoms with van der Waals surface area (Å²) in [6.45, 7) is 8.27. The van der Waals surface area contributed by atoms with Crippen molar-refractivity contribution >= 4 is 17.7 Å². The van der Waals surface area contributed by atoms with Crippen LogP contribution in [0.4, 0.5) is 0 Å². The Morgan fingerprint density at radius 1 is 1.00 bits per heavy atom. The molecule has 0 aliphatic carbocycles. The van der Waals surface area contributed by atoms with E-state index in [4.69, 9.17) is 11.6 Å². The van der Waals surface area contributed by atoms with Crippen LogP contribution in [0.1, 0.15) is 31.0 Å². The van der Waals surface area contributed by atoms with E-state index >= 15 is 0 Å². The zero-order valence-electron chi connectivity index (χ0n) is 14.6. The van der Waals surface area contributed by atoms with Crippen LogP contribution < -0.4 is 5.32 Å². The van der Waals surface area contributed by atoms with Crippen LogP contribution in [0, 0.1) is 0 Å². The van der Waals surface area contributed by atoms with Gasteiger partial charge in [0.2, 0.25) is 0 Å². The van der Waals surface area contributed by atoms with Crippen molar-refractivity contribution in [1.82, 2.24) is 10.2 Å². The third-order valence-corrected chi connectivity index (χ3v) is 4.47. The first-order chi connectivity index (χ1) is 11.7. The van der Waals surface area contributed by atoms with Crippen molar-refractivity contribution in [3.8, 4) is 0 Å². The zero-order chi connectivity index (χ0) is 17.2. The lowest BCUT2D eigenvalue weighted by Gasteiger charge is -2.30. The minimum Gasteiger partial charge on any atom is -0.311 e. The monoisotopic (exact) mass is 342 g/mol. The summed E-state index contributed by atoms with van der Waals surface area (Å²) >= 11 is 6.03. The molecule has 128 valence electrons. The molecule has 0 aromatic heterocycles. The first kappa shape index (κ1) is 18.7. The van der Waals surface area contributed by atoms with Crippen LogP contribution in [0.3, 0.4) is 0 Å². The molecule has 2 aromatic rings. The molecule has 0 spiro atoms. The van der Waals surface area contributed by atoms with Gasteiger partial charge in [0.1, 0.15) is 0 Å². The molecule has 0 bridgehead atoms. The second-order valence-electron chi connectivity index (χ2n) is 5.76. The van der Waals surface area contributed by atoms with Gasteiger partial charge in [-0.05, 0) is 36.3 Å². The number of nitrogens with zero attached hydrogens (tertiary/aromatic N) is 1. The number of benzene rings is 2. The van der Waals surface area contributed by atoms with Crippen LogP contribution in [-0.4, -0.2) is 31.1 Å². The van der Waals surface area contributed by atoms with E-state index in [-0.39, 0.29) is 0 Å². The summed E-state index contributed by atoms with van der Waals surface area (Å²) < 4.78 is 0. The van der Waals surface area contributed by atoms with E-state index < -0.39 is 0 Å². The molecule has 0 radical (unpaired) electrons. The number of halogens is 1. The van der Waals surface area contributed by atoms with E-state index in [1.54, 1.807) is 0 Å². The molecule has 0 fully saturated rings. The largest absolute Gasteiger partial charge is 0.311 e. The highest BCUT2D eigenvalue weighted by Crippen LogP contribution is 2.21. The molecule has 0 saturated carbocycles. The van der Waals surface area contributed by atoms with Crippen molar-refractivity contribution in [3.05, 3.63) is 76.8 Å². The lowest BCUT2D eigenvalue weighted by atomic mass is 10.1. The molecule has 1 N–H and O–H groups in total. The highest BCUT2D eigenvalue weighted by atomic mass is 35.5. The van der Waals surface area contributed by atoms with Gasteiger partial charge in [-0.3, -0.25) is 4.90 Å². The number of hydrogen-bond donors (Lipinski definition) is 1. The molecule has 1 unspecified atom stereocenters. The predicted octanol–water partition coefficient (Wildman–Crippen LogP) is 5.03. The van der Waals surface area contributed by atoms with Crippen molar-refractivity contribution < 1.29 is 0 Å². The third-order valence-electron chi connectivity index (χ3n) is 4.22. The van der Waals surface area contributed by atoms with Crippen LogP contribution in [0.25, 0.3) is 6.08 Å². The Morgan fingerprint density at radius 2 is 1.67 bits per heavy atom. The Balaban J connectivity index is 1.93. The fourth-order valence-electron chi connectivity index (χ4n) is 2.87. The molecule has 2 rings (SSSR count). The Hall–Kier alpha value is -1.61. The molecular weight excluding hydrogens is 316 g/mol. The standard InChI is InChI=1S/C21H27ClN2/c1-3-24(4-2)21(19-12-14-20(22)15-13-19)17-23-16-8-11-18-9-6-5-7-10-18/h5-15,21,23H,3-4,16-17H2,1-2H3/b11-8+. The van der Waals surface area contributed by atoms with Gasteiger partial charge in [0, 0.05) is 24.2 Å². The second kappa shape index (κ2) is 10.3. The molecule has 2 aromatic carbocycles. The van der Waals surface area contributed by atoms with Crippen LogP contribution in [-0.2, 0) is 0 Å². The van der Waals surface area contributed by atoms with E-state index in [9.17, 15) is 0 Å². The smallest absolute Gasteiger partial charge is 0.0472 e. The average molecular weight is 343 g/mol. The molecule has 1 atom stereocenters. The van der Waals surface area contributed by atoms with E-state index in [0.717, 1.165) is 31.2 Å². The highest BCUT2D eigenvalue weighted by molar-refractivity contribution is 6.30. The fraction of sp³-hybridized carbons (Fsp3) is 0.333. The van der Waals surface area contributed by atoms with Crippen LogP contribution in [0.15, 0.2) is 60.7 Å².